The summed E-state index contributed by atoms with van der Waals surface area (Å²) in [5.74, 6) is -2.37. The van der Waals surface area contributed by atoms with Crippen molar-refractivity contribution in [2.24, 2.45) is 0 Å². The van der Waals surface area contributed by atoms with Crippen LogP contribution in [0.1, 0.15) is 22.8 Å². The number of carbonyl (C=O) groups is 1. The van der Waals surface area contributed by atoms with Crippen LogP contribution in [0.4, 0.5) is 26.3 Å². The molecule has 0 unspecified atom stereocenters. The SMILES string of the molecule is COC(=O)c1cnc(O[C@H](C)C(F)(F)F)c(C(F)(F)F)c1. The van der Waals surface area contributed by atoms with Gasteiger partial charge in [0.1, 0.15) is 5.56 Å². The van der Waals surface area contributed by atoms with E-state index in [2.05, 4.69) is 14.5 Å². The summed E-state index contributed by atoms with van der Waals surface area (Å²) in [5.41, 5.74) is -2.15. The lowest BCUT2D eigenvalue weighted by molar-refractivity contribution is -0.192. The van der Waals surface area contributed by atoms with Crippen LogP contribution in [0.2, 0.25) is 0 Å². The van der Waals surface area contributed by atoms with Crippen LogP contribution in [-0.2, 0) is 10.9 Å². The summed E-state index contributed by atoms with van der Waals surface area (Å²) in [5, 5.41) is 0. The standard InChI is InChI=1S/C11H9F6NO3/c1-5(10(12,13)14)21-8-7(11(15,16)17)3-6(4-18-8)9(19)20-2/h3-5H,1-2H3/t5-/m1/s1. The lowest BCUT2D eigenvalue weighted by atomic mass is 10.2. The average Bonchev–Trinajstić information content (AvgIpc) is 2.35. The maximum atomic E-state index is 12.8. The number of methoxy groups -OCH3 is 1. The molecule has 0 fully saturated rings. The zero-order valence-corrected chi connectivity index (χ0v) is 10.7. The van der Waals surface area contributed by atoms with Crippen molar-refractivity contribution in [2.75, 3.05) is 7.11 Å². The molecule has 118 valence electrons. The number of halogens is 6. The van der Waals surface area contributed by atoms with Crippen molar-refractivity contribution >= 4 is 5.97 Å². The number of nitrogens with zero attached hydrogens (tertiary/aromatic N) is 1. The van der Waals surface area contributed by atoms with Crippen LogP contribution in [-0.4, -0.2) is 30.3 Å². The van der Waals surface area contributed by atoms with Gasteiger partial charge in [-0.15, -0.1) is 0 Å². The van der Waals surface area contributed by atoms with Crippen LogP contribution < -0.4 is 4.74 Å². The second kappa shape index (κ2) is 5.78. The Morgan fingerprint density at radius 3 is 2.24 bits per heavy atom. The molecule has 1 aromatic heterocycles. The van der Waals surface area contributed by atoms with Gasteiger partial charge in [-0.3, -0.25) is 0 Å². The van der Waals surface area contributed by atoms with E-state index in [0.717, 1.165) is 7.11 Å². The Morgan fingerprint density at radius 2 is 1.81 bits per heavy atom. The van der Waals surface area contributed by atoms with Gasteiger partial charge in [0.2, 0.25) is 5.88 Å². The number of hydrogen-bond acceptors (Lipinski definition) is 4. The van der Waals surface area contributed by atoms with Crippen molar-refractivity contribution in [3.63, 3.8) is 0 Å². The molecule has 10 heteroatoms. The molecular weight excluding hydrogens is 308 g/mol. The Kier molecular flexibility index (Phi) is 4.69. The normalized spacial score (nSPS) is 13.7. The van der Waals surface area contributed by atoms with Crippen molar-refractivity contribution in [3.8, 4) is 5.88 Å². The second-order valence-corrected chi connectivity index (χ2v) is 3.87. The van der Waals surface area contributed by atoms with E-state index in [1.54, 1.807) is 0 Å². The molecule has 0 aliphatic rings. The summed E-state index contributed by atoms with van der Waals surface area (Å²) >= 11 is 0. The van der Waals surface area contributed by atoms with Crippen LogP contribution in [0.25, 0.3) is 0 Å². The Bertz CT molecular complexity index is 526. The van der Waals surface area contributed by atoms with Crippen LogP contribution >= 0.6 is 0 Å². The molecule has 0 saturated heterocycles. The third-order valence-corrected chi connectivity index (χ3v) is 2.33. The molecule has 0 aliphatic heterocycles. The van der Waals surface area contributed by atoms with E-state index in [0.29, 0.717) is 19.2 Å². The average molecular weight is 317 g/mol. The maximum absolute atomic E-state index is 12.8. The number of pyridine rings is 1. The van der Waals surface area contributed by atoms with E-state index in [1.165, 1.54) is 0 Å². The van der Waals surface area contributed by atoms with Crippen molar-refractivity contribution in [1.82, 2.24) is 4.98 Å². The minimum absolute atomic E-state index is 0.317. The van der Waals surface area contributed by atoms with Crippen LogP contribution in [0.5, 0.6) is 5.88 Å². The minimum Gasteiger partial charge on any atom is -0.465 e. The van der Waals surface area contributed by atoms with Crippen molar-refractivity contribution in [2.45, 2.75) is 25.4 Å². The van der Waals surface area contributed by atoms with Crippen molar-refractivity contribution in [1.29, 1.82) is 0 Å². The number of alkyl halides is 6. The first kappa shape index (κ1) is 17.1. The fourth-order valence-electron chi connectivity index (χ4n) is 1.21. The van der Waals surface area contributed by atoms with Crippen molar-refractivity contribution < 1.29 is 40.6 Å². The molecule has 4 nitrogen and oxygen atoms in total. The second-order valence-electron chi connectivity index (χ2n) is 3.87. The molecule has 1 heterocycles. The van der Waals surface area contributed by atoms with Gasteiger partial charge in [-0.2, -0.15) is 26.3 Å². The minimum atomic E-state index is -5.04. The highest BCUT2D eigenvalue weighted by Gasteiger charge is 2.42. The number of aromatic nitrogens is 1. The van der Waals surface area contributed by atoms with Gasteiger partial charge in [0.15, 0.2) is 6.10 Å². The monoisotopic (exact) mass is 317 g/mol. The van der Waals surface area contributed by atoms with Gasteiger partial charge in [-0.25, -0.2) is 9.78 Å². The van der Waals surface area contributed by atoms with Crippen molar-refractivity contribution in [3.05, 3.63) is 23.4 Å². The van der Waals surface area contributed by atoms with Gasteiger partial charge < -0.3 is 9.47 Å². The third kappa shape index (κ3) is 4.23. The van der Waals surface area contributed by atoms with E-state index >= 15 is 0 Å². The van der Waals surface area contributed by atoms with Crippen LogP contribution in [0.3, 0.4) is 0 Å². The highest BCUT2D eigenvalue weighted by molar-refractivity contribution is 5.89. The summed E-state index contributed by atoms with van der Waals surface area (Å²) < 4.78 is 83.7. The fourth-order valence-corrected chi connectivity index (χ4v) is 1.21. The smallest absolute Gasteiger partial charge is 0.425 e. The molecule has 1 aromatic rings. The predicted octanol–water partition coefficient (Wildman–Crippen LogP) is 3.22. The first-order chi connectivity index (χ1) is 9.46. The first-order valence-corrected chi connectivity index (χ1v) is 5.35. The molecule has 0 aliphatic carbocycles. The highest BCUT2D eigenvalue weighted by Crippen LogP contribution is 2.37. The quantitative estimate of drug-likeness (QED) is 0.634. The number of ether oxygens (including phenoxy) is 2. The van der Waals surface area contributed by atoms with E-state index in [9.17, 15) is 31.1 Å². The van der Waals surface area contributed by atoms with Crippen LogP contribution in [0.15, 0.2) is 12.3 Å². The molecule has 1 rings (SSSR count). The van der Waals surface area contributed by atoms with Gasteiger partial charge in [0, 0.05) is 6.20 Å². The van der Waals surface area contributed by atoms with E-state index in [-0.39, 0.29) is 0 Å². The first-order valence-electron chi connectivity index (χ1n) is 5.35. The molecule has 21 heavy (non-hydrogen) atoms. The zero-order chi connectivity index (χ0) is 16.4. The molecular formula is C11H9F6NO3. The summed E-state index contributed by atoms with van der Waals surface area (Å²) in [6.45, 7) is 0.538. The Hall–Kier alpha value is -2.00. The Balaban J connectivity index is 3.24. The summed E-state index contributed by atoms with van der Waals surface area (Å²) in [6, 6.07) is 0.317. The Labute approximate surface area is 114 Å². The molecule has 0 radical (unpaired) electrons. The van der Waals surface area contributed by atoms with Gasteiger partial charge in [0.25, 0.3) is 0 Å². The number of carbonyl (C=O) groups excluding carboxylic acids is 1. The van der Waals surface area contributed by atoms with E-state index in [1.807, 2.05) is 0 Å². The number of hydrogen-bond donors (Lipinski definition) is 0. The molecule has 0 spiro atoms. The van der Waals surface area contributed by atoms with Gasteiger partial charge in [0.05, 0.1) is 12.7 Å². The van der Waals surface area contributed by atoms with E-state index < -0.39 is 41.4 Å². The number of esters is 1. The molecule has 0 saturated carbocycles. The van der Waals surface area contributed by atoms with Crippen LogP contribution in [0, 0.1) is 0 Å². The lowest BCUT2D eigenvalue weighted by Crippen LogP contribution is -2.32. The summed E-state index contributed by atoms with van der Waals surface area (Å²) in [4.78, 5) is 14.3. The van der Waals surface area contributed by atoms with E-state index in [4.69, 9.17) is 0 Å². The topological polar surface area (TPSA) is 48.4 Å². The van der Waals surface area contributed by atoms with Gasteiger partial charge in [-0.1, -0.05) is 0 Å². The fraction of sp³-hybridized carbons (Fsp3) is 0.455. The number of rotatable bonds is 3. The Morgan fingerprint density at radius 1 is 1.24 bits per heavy atom. The highest BCUT2D eigenvalue weighted by atomic mass is 19.4. The molecule has 0 bridgehead atoms. The van der Waals surface area contributed by atoms with Gasteiger partial charge in [-0.05, 0) is 13.0 Å². The summed E-state index contributed by atoms with van der Waals surface area (Å²) in [7, 11) is 0.936. The molecule has 1 atom stereocenters. The molecule has 0 aromatic carbocycles. The largest absolute Gasteiger partial charge is 0.465 e. The summed E-state index contributed by atoms with van der Waals surface area (Å²) in [6.07, 6.45) is -11.8. The predicted molar refractivity (Wildman–Crippen MR) is 56.7 cm³/mol. The molecule has 0 amide bonds. The third-order valence-electron chi connectivity index (χ3n) is 2.33. The molecule has 0 N–H and O–H groups in total. The van der Waals surface area contributed by atoms with Gasteiger partial charge >= 0.3 is 18.3 Å². The zero-order valence-electron chi connectivity index (χ0n) is 10.7. The maximum Gasteiger partial charge on any atom is 0.425 e. The lowest BCUT2D eigenvalue weighted by Gasteiger charge is -2.19.